The molecule has 0 N–H and O–H groups in total. The summed E-state index contributed by atoms with van der Waals surface area (Å²) < 4.78 is 39.8. The summed E-state index contributed by atoms with van der Waals surface area (Å²) in [4.78, 5) is 28.9. The van der Waals surface area contributed by atoms with E-state index < -0.39 is 27.8 Å². The van der Waals surface area contributed by atoms with Crippen molar-refractivity contribution in [2.24, 2.45) is 5.41 Å². The summed E-state index contributed by atoms with van der Waals surface area (Å²) in [5, 5.41) is 12.3. The Bertz CT molecular complexity index is 708. The second-order valence-electron chi connectivity index (χ2n) is 7.43. The first-order chi connectivity index (χ1) is 12.4. The lowest BCUT2D eigenvalue weighted by Gasteiger charge is -2.34. The van der Waals surface area contributed by atoms with Gasteiger partial charge in [0.15, 0.2) is 0 Å². The second-order valence-corrected chi connectivity index (χ2v) is 7.43. The van der Waals surface area contributed by atoms with Gasteiger partial charge < -0.3 is 4.84 Å². The number of hydrogen-bond acceptors (Lipinski definition) is 6. The number of nitrogens with zero attached hydrogens (tertiary/aromatic N) is 3. The van der Waals surface area contributed by atoms with Gasteiger partial charge in [-0.15, -0.1) is 5.06 Å². The van der Waals surface area contributed by atoms with Crippen LogP contribution in [-0.2, 0) is 22.4 Å². The minimum absolute atomic E-state index is 0.00783. The van der Waals surface area contributed by atoms with Crippen molar-refractivity contribution in [3.63, 3.8) is 0 Å². The van der Waals surface area contributed by atoms with Crippen molar-refractivity contribution in [2.45, 2.75) is 33.5 Å². The van der Waals surface area contributed by atoms with E-state index in [2.05, 4.69) is 0 Å². The highest BCUT2D eigenvalue weighted by Crippen LogP contribution is 2.35. The fraction of sp³-hybridized carbons (Fsp3) is 0.588. The summed E-state index contributed by atoms with van der Waals surface area (Å²) in [6.45, 7) is 6.77. The second kappa shape index (κ2) is 7.81. The number of benzene rings is 1. The number of alkyl halides is 3. The van der Waals surface area contributed by atoms with Gasteiger partial charge in [-0.2, -0.15) is 13.2 Å². The topological polar surface area (TPSA) is 75.9 Å². The molecule has 0 aliphatic carbocycles. The highest BCUT2D eigenvalue weighted by molar-refractivity contribution is 5.75. The number of rotatable bonds is 4. The maximum Gasteiger partial charge on any atom is 0.416 e. The van der Waals surface area contributed by atoms with E-state index in [9.17, 15) is 28.1 Å². The van der Waals surface area contributed by atoms with Crippen LogP contribution in [0.3, 0.4) is 0 Å². The Morgan fingerprint density at radius 2 is 1.78 bits per heavy atom. The van der Waals surface area contributed by atoms with Gasteiger partial charge in [-0.3, -0.25) is 15.0 Å². The van der Waals surface area contributed by atoms with Gasteiger partial charge >= 0.3 is 12.1 Å². The first-order valence-electron chi connectivity index (χ1n) is 8.42. The average Bonchev–Trinajstić information content (AvgIpc) is 2.55. The summed E-state index contributed by atoms with van der Waals surface area (Å²) in [6.07, 6.45) is -4.68. The van der Waals surface area contributed by atoms with Crippen LogP contribution in [0.5, 0.6) is 0 Å². The third-order valence-electron chi connectivity index (χ3n) is 4.16. The molecule has 0 bridgehead atoms. The van der Waals surface area contributed by atoms with Gasteiger partial charge in [-0.05, 0) is 26.3 Å². The summed E-state index contributed by atoms with van der Waals surface area (Å²) in [6, 6.07) is 2.79. The number of piperazine rings is 1. The molecule has 0 radical (unpaired) electrons. The smallest absolute Gasteiger partial charge is 0.367 e. The Morgan fingerprint density at radius 1 is 1.19 bits per heavy atom. The fourth-order valence-corrected chi connectivity index (χ4v) is 2.55. The molecule has 150 valence electrons. The zero-order chi connectivity index (χ0) is 20.4. The molecule has 2 rings (SSSR count). The van der Waals surface area contributed by atoms with Crippen LogP contribution in [0.25, 0.3) is 0 Å². The Kier molecular flexibility index (Phi) is 6.10. The van der Waals surface area contributed by atoms with Gasteiger partial charge in [0.2, 0.25) is 0 Å². The number of nitro benzene ring substituents is 1. The van der Waals surface area contributed by atoms with Gasteiger partial charge in [0.25, 0.3) is 5.69 Å². The van der Waals surface area contributed by atoms with E-state index in [0.717, 1.165) is 12.1 Å². The van der Waals surface area contributed by atoms with Crippen molar-refractivity contribution < 1.29 is 27.7 Å². The minimum atomic E-state index is -4.68. The van der Waals surface area contributed by atoms with Crippen LogP contribution in [0.1, 0.15) is 31.9 Å². The van der Waals surface area contributed by atoms with Gasteiger partial charge in [-0.25, -0.2) is 4.79 Å². The van der Waals surface area contributed by atoms with Crippen molar-refractivity contribution in [3.8, 4) is 0 Å². The molecule has 1 aromatic rings. The molecule has 1 saturated heterocycles. The van der Waals surface area contributed by atoms with Crippen LogP contribution < -0.4 is 0 Å². The Labute approximate surface area is 154 Å². The number of carbonyl (C=O) groups is 1. The molecule has 0 saturated carbocycles. The lowest BCUT2D eigenvalue weighted by atomic mass is 9.98. The van der Waals surface area contributed by atoms with Crippen molar-refractivity contribution >= 4 is 11.7 Å². The van der Waals surface area contributed by atoms with E-state index in [1.165, 1.54) is 5.06 Å². The Morgan fingerprint density at radius 3 is 2.26 bits per heavy atom. The van der Waals surface area contributed by atoms with Gasteiger partial charge in [0.05, 0.1) is 15.9 Å². The average molecular weight is 389 g/mol. The van der Waals surface area contributed by atoms with E-state index in [-0.39, 0.29) is 18.1 Å². The molecule has 0 amide bonds. The van der Waals surface area contributed by atoms with E-state index >= 15 is 0 Å². The minimum Gasteiger partial charge on any atom is -0.367 e. The Balaban J connectivity index is 2.03. The predicted molar refractivity (Wildman–Crippen MR) is 90.5 cm³/mol. The van der Waals surface area contributed by atoms with Crippen LogP contribution in [0.15, 0.2) is 18.2 Å². The molecule has 27 heavy (non-hydrogen) atoms. The van der Waals surface area contributed by atoms with Crippen molar-refractivity contribution in [1.29, 1.82) is 0 Å². The monoisotopic (exact) mass is 389 g/mol. The van der Waals surface area contributed by atoms with E-state index in [1.54, 1.807) is 25.7 Å². The molecule has 7 nitrogen and oxygen atoms in total. The highest BCUT2D eigenvalue weighted by Gasteiger charge is 2.36. The largest absolute Gasteiger partial charge is 0.416 e. The number of carbonyl (C=O) groups excluding carboxylic acids is 1. The number of hydroxylamine groups is 2. The first-order valence-corrected chi connectivity index (χ1v) is 8.42. The fourth-order valence-electron chi connectivity index (χ4n) is 2.55. The van der Waals surface area contributed by atoms with E-state index in [4.69, 9.17) is 4.84 Å². The molecule has 1 aromatic carbocycles. The van der Waals surface area contributed by atoms with Crippen LogP contribution in [-0.4, -0.2) is 47.0 Å². The summed E-state index contributed by atoms with van der Waals surface area (Å²) >= 11 is 0. The third-order valence-corrected chi connectivity index (χ3v) is 4.16. The molecular weight excluding hydrogens is 367 g/mol. The van der Waals surface area contributed by atoms with Crippen molar-refractivity contribution in [1.82, 2.24) is 9.96 Å². The zero-order valence-electron chi connectivity index (χ0n) is 15.4. The van der Waals surface area contributed by atoms with Crippen LogP contribution in [0.4, 0.5) is 18.9 Å². The maximum atomic E-state index is 13.3. The number of non-ortho nitro benzene ring substituents is 1. The van der Waals surface area contributed by atoms with Crippen molar-refractivity contribution in [2.75, 3.05) is 26.2 Å². The first kappa shape index (κ1) is 21.1. The molecule has 1 heterocycles. The van der Waals surface area contributed by atoms with Crippen LogP contribution in [0, 0.1) is 15.5 Å². The quantitative estimate of drug-likeness (QED) is 0.581. The molecule has 10 heteroatoms. The molecule has 0 unspecified atom stereocenters. The molecule has 0 aromatic heterocycles. The Hall–Kier alpha value is -2.20. The maximum absolute atomic E-state index is 13.3. The molecule has 1 aliphatic rings. The SMILES string of the molecule is CC(C)(C)C(=O)ON1CCN(Cc2ccc([N+](=O)[O-])cc2C(F)(F)F)CC1. The molecule has 1 fully saturated rings. The van der Waals surface area contributed by atoms with Crippen LogP contribution >= 0.6 is 0 Å². The normalized spacial score (nSPS) is 17.0. The number of hydrogen-bond donors (Lipinski definition) is 0. The standard InChI is InChI=1S/C17H22F3N3O4/c1-16(2,3)15(24)27-22-8-6-21(7-9-22)11-12-4-5-13(23(25)26)10-14(12)17(18,19)20/h4-5,10H,6-9,11H2,1-3H3. The molecular formula is C17H22F3N3O4. The van der Waals surface area contributed by atoms with Gasteiger partial charge in [0, 0.05) is 44.9 Å². The van der Waals surface area contributed by atoms with E-state index in [0.29, 0.717) is 32.2 Å². The predicted octanol–water partition coefficient (Wildman–Crippen LogP) is 3.24. The number of nitro groups is 1. The summed E-state index contributed by atoms with van der Waals surface area (Å²) in [5.41, 5.74) is -2.26. The van der Waals surface area contributed by atoms with Gasteiger partial charge in [-0.1, -0.05) is 6.07 Å². The lowest BCUT2D eigenvalue weighted by Crippen LogP contribution is -2.47. The number of halogens is 3. The summed E-state index contributed by atoms with van der Waals surface area (Å²) in [7, 11) is 0. The summed E-state index contributed by atoms with van der Waals surface area (Å²) in [5.74, 6) is -0.370. The van der Waals surface area contributed by atoms with E-state index in [1.807, 2.05) is 0 Å². The van der Waals surface area contributed by atoms with Crippen LogP contribution in [0.2, 0.25) is 0 Å². The lowest BCUT2D eigenvalue weighted by molar-refractivity contribution is -0.385. The van der Waals surface area contributed by atoms with Gasteiger partial charge in [0.1, 0.15) is 0 Å². The van der Waals surface area contributed by atoms with Crippen molar-refractivity contribution in [3.05, 3.63) is 39.4 Å². The zero-order valence-corrected chi connectivity index (χ0v) is 15.4. The highest BCUT2D eigenvalue weighted by atomic mass is 19.4. The molecule has 1 aliphatic heterocycles. The molecule has 0 spiro atoms. The third kappa shape index (κ3) is 5.64. The molecule has 0 atom stereocenters.